The van der Waals surface area contributed by atoms with Crippen molar-refractivity contribution in [3.8, 4) is 0 Å². The molecule has 13 heavy (non-hydrogen) atoms. The molecule has 0 bridgehead atoms. The summed E-state index contributed by atoms with van der Waals surface area (Å²) in [7, 11) is 0. The highest BCUT2D eigenvalue weighted by molar-refractivity contribution is 7.80. The Morgan fingerprint density at radius 1 is 0.923 bits per heavy atom. The molecule has 0 unspecified atom stereocenters. The maximum atomic E-state index is 4.23. The van der Waals surface area contributed by atoms with E-state index in [1.807, 2.05) is 0 Å². The third-order valence-electron chi connectivity index (χ3n) is 2.21. The second-order valence-electron chi connectivity index (χ2n) is 3.16. The van der Waals surface area contributed by atoms with Crippen molar-refractivity contribution in [1.29, 1.82) is 0 Å². The molecule has 0 aliphatic heterocycles. The SMILES string of the molecule is SCCc1ccc2ccccc2c1. The summed E-state index contributed by atoms with van der Waals surface area (Å²) in [6, 6.07) is 15.0. The number of hydrogen-bond acceptors (Lipinski definition) is 1. The lowest BCUT2D eigenvalue weighted by atomic mass is 10.1. The van der Waals surface area contributed by atoms with Gasteiger partial charge in [0, 0.05) is 0 Å². The molecular weight excluding hydrogens is 176 g/mol. The van der Waals surface area contributed by atoms with Gasteiger partial charge in [-0.1, -0.05) is 42.5 Å². The van der Waals surface area contributed by atoms with Crippen molar-refractivity contribution in [2.24, 2.45) is 0 Å². The predicted octanol–water partition coefficient (Wildman–Crippen LogP) is 3.31. The van der Waals surface area contributed by atoms with Gasteiger partial charge in [0.1, 0.15) is 0 Å². The molecule has 0 saturated carbocycles. The van der Waals surface area contributed by atoms with Crippen LogP contribution < -0.4 is 0 Å². The molecule has 0 fully saturated rings. The minimum Gasteiger partial charge on any atom is -0.179 e. The van der Waals surface area contributed by atoms with Crippen LogP contribution in [0.1, 0.15) is 5.56 Å². The van der Waals surface area contributed by atoms with Gasteiger partial charge in [0.25, 0.3) is 0 Å². The van der Waals surface area contributed by atoms with E-state index in [-0.39, 0.29) is 0 Å². The molecule has 2 rings (SSSR count). The third-order valence-corrected chi connectivity index (χ3v) is 2.44. The minimum absolute atomic E-state index is 0.915. The van der Waals surface area contributed by atoms with Gasteiger partial charge in [0.05, 0.1) is 0 Å². The van der Waals surface area contributed by atoms with Crippen LogP contribution in [0.3, 0.4) is 0 Å². The van der Waals surface area contributed by atoms with E-state index < -0.39 is 0 Å². The first kappa shape index (κ1) is 8.64. The van der Waals surface area contributed by atoms with E-state index in [0.29, 0.717) is 0 Å². The van der Waals surface area contributed by atoms with E-state index in [9.17, 15) is 0 Å². The van der Waals surface area contributed by atoms with Gasteiger partial charge in [-0.25, -0.2) is 0 Å². The normalized spacial score (nSPS) is 10.5. The van der Waals surface area contributed by atoms with E-state index in [4.69, 9.17) is 0 Å². The maximum Gasteiger partial charge on any atom is -0.00574 e. The van der Waals surface area contributed by atoms with E-state index in [1.54, 1.807) is 0 Å². The Bertz CT molecular complexity index is 407. The second-order valence-corrected chi connectivity index (χ2v) is 3.60. The number of hydrogen-bond donors (Lipinski definition) is 1. The van der Waals surface area contributed by atoms with Crippen molar-refractivity contribution in [1.82, 2.24) is 0 Å². The van der Waals surface area contributed by atoms with Gasteiger partial charge in [-0.15, -0.1) is 0 Å². The highest BCUT2D eigenvalue weighted by Crippen LogP contribution is 2.15. The molecule has 0 atom stereocenters. The van der Waals surface area contributed by atoms with Crippen LogP contribution in [0.2, 0.25) is 0 Å². The average molecular weight is 188 g/mol. The minimum atomic E-state index is 0.915. The Balaban J connectivity index is 2.49. The fraction of sp³-hybridized carbons (Fsp3) is 0.167. The van der Waals surface area contributed by atoms with Crippen molar-refractivity contribution < 1.29 is 0 Å². The van der Waals surface area contributed by atoms with Gasteiger partial charge in [-0.2, -0.15) is 12.6 Å². The summed E-state index contributed by atoms with van der Waals surface area (Å²) in [5.41, 5.74) is 1.37. The van der Waals surface area contributed by atoms with Gasteiger partial charge in [0.2, 0.25) is 0 Å². The van der Waals surface area contributed by atoms with Crippen molar-refractivity contribution in [2.45, 2.75) is 6.42 Å². The standard InChI is InChI=1S/C12H12S/c13-8-7-10-5-6-11-3-1-2-4-12(11)9-10/h1-6,9,13H,7-8H2. The molecular formula is C12H12S. The summed E-state index contributed by atoms with van der Waals surface area (Å²) in [5.74, 6) is 0.915. The molecule has 2 aromatic rings. The Hall–Kier alpha value is -0.950. The fourth-order valence-electron chi connectivity index (χ4n) is 1.52. The molecule has 0 heterocycles. The molecule has 0 N–H and O–H groups in total. The lowest BCUT2D eigenvalue weighted by Gasteiger charge is -2.01. The molecule has 0 spiro atoms. The van der Waals surface area contributed by atoms with Gasteiger partial charge < -0.3 is 0 Å². The zero-order valence-corrected chi connectivity index (χ0v) is 8.30. The van der Waals surface area contributed by atoms with Crippen LogP contribution in [0, 0.1) is 0 Å². The molecule has 1 heteroatoms. The largest absolute Gasteiger partial charge is 0.179 e. The second kappa shape index (κ2) is 3.84. The molecule has 2 aromatic carbocycles. The van der Waals surface area contributed by atoms with E-state index in [0.717, 1.165) is 12.2 Å². The highest BCUT2D eigenvalue weighted by Gasteiger charge is 1.94. The first-order chi connectivity index (χ1) is 6.40. The van der Waals surface area contributed by atoms with Gasteiger partial charge in [-0.3, -0.25) is 0 Å². The molecule has 0 aliphatic rings. The summed E-state index contributed by atoms with van der Waals surface area (Å²) in [4.78, 5) is 0. The van der Waals surface area contributed by atoms with Crippen LogP contribution >= 0.6 is 12.6 Å². The summed E-state index contributed by atoms with van der Waals surface area (Å²) in [6.07, 6.45) is 1.05. The fourth-order valence-corrected chi connectivity index (χ4v) is 1.78. The number of fused-ring (bicyclic) bond motifs is 1. The molecule has 0 radical (unpaired) electrons. The number of thiol groups is 1. The van der Waals surface area contributed by atoms with Crippen LogP contribution in [0.25, 0.3) is 10.8 Å². The number of rotatable bonds is 2. The van der Waals surface area contributed by atoms with Crippen molar-refractivity contribution >= 4 is 23.4 Å². The highest BCUT2D eigenvalue weighted by atomic mass is 32.1. The summed E-state index contributed by atoms with van der Waals surface area (Å²) in [5, 5.41) is 2.63. The first-order valence-electron chi connectivity index (χ1n) is 4.49. The van der Waals surface area contributed by atoms with Crippen LogP contribution in [-0.4, -0.2) is 5.75 Å². The van der Waals surface area contributed by atoms with E-state index in [2.05, 4.69) is 55.1 Å². The zero-order chi connectivity index (χ0) is 9.10. The summed E-state index contributed by atoms with van der Waals surface area (Å²) < 4.78 is 0. The summed E-state index contributed by atoms with van der Waals surface area (Å²) >= 11 is 4.23. The van der Waals surface area contributed by atoms with Crippen LogP contribution in [0.5, 0.6) is 0 Å². The lowest BCUT2D eigenvalue weighted by molar-refractivity contribution is 1.17. The predicted molar refractivity (Wildman–Crippen MR) is 61.5 cm³/mol. The molecule has 0 aromatic heterocycles. The Labute approximate surface area is 84.0 Å². The Morgan fingerprint density at radius 3 is 2.46 bits per heavy atom. The molecule has 66 valence electrons. The van der Waals surface area contributed by atoms with E-state index >= 15 is 0 Å². The topological polar surface area (TPSA) is 0 Å². The van der Waals surface area contributed by atoms with Gasteiger partial charge in [0.15, 0.2) is 0 Å². The van der Waals surface area contributed by atoms with Crippen LogP contribution in [-0.2, 0) is 6.42 Å². The molecule has 0 nitrogen and oxygen atoms in total. The zero-order valence-electron chi connectivity index (χ0n) is 7.40. The molecule has 0 saturated heterocycles. The molecule has 0 aliphatic carbocycles. The van der Waals surface area contributed by atoms with Crippen LogP contribution in [0.4, 0.5) is 0 Å². The van der Waals surface area contributed by atoms with Crippen molar-refractivity contribution in [2.75, 3.05) is 5.75 Å². The van der Waals surface area contributed by atoms with E-state index in [1.165, 1.54) is 16.3 Å². The molecule has 0 amide bonds. The first-order valence-corrected chi connectivity index (χ1v) is 5.12. The van der Waals surface area contributed by atoms with Gasteiger partial charge >= 0.3 is 0 Å². The van der Waals surface area contributed by atoms with Crippen molar-refractivity contribution in [3.05, 3.63) is 48.0 Å². The smallest absolute Gasteiger partial charge is 0.00574 e. The number of aryl methyl sites for hydroxylation is 1. The Kier molecular flexibility index (Phi) is 2.55. The maximum absolute atomic E-state index is 4.23. The quantitative estimate of drug-likeness (QED) is 0.687. The third kappa shape index (κ3) is 1.86. The number of benzene rings is 2. The lowest BCUT2D eigenvalue weighted by Crippen LogP contribution is -1.85. The average Bonchev–Trinajstić information content (AvgIpc) is 2.18. The van der Waals surface area contributed by atoms with Crippen LogP contribution in [0.15, 0.2) is 42.5 Å². The Morgan fingerprint density at radius 2 is 1.69 bits per heavy atom. The van der Waals surface area contributed by atoms with Gasteiger partial charge in [-0.05, 0) is 28.5 Å². The summed E-state index contributed by atoms with van der Waals surface area (Å²) in [6.45, 7) is 0. The monoisotopic (exact) mass is 188 g/mol. The van der Waals surface area contributed by atoms with Crippen molar-refractivity contribution in [3.63, 3.8) is 0 Å².